The van der Waals surface area contributed by atoms with Gasteiger partial charge in [0, 0.05) is 12.3 Å². The van der Waals surface area contributed by atoms with Gasteiger partial charge in [-0.05, 0) is 25.8 Å². The molecule has 1 N–H and O–H groups in total. The molecule has 1 aliphatic carbocycles. The summed E-state index contributed by atoms with van der Waals surface area (Å²) in [5.74, 6) is 0. The molecule has 0 bridgehead atoms. The van der Waals surface area contributed by atoms with Crippen molar-refractivity contribution in [3.63, 3.8) is 0 Å². The Morgan fingerprint density at radius 1 is 1.06 bits per heavy atom. The number of sulfone groups is 1. The van der Waals surface area contributed by atoms with E-state index in [9.17, 15) is 8.42 Å². The van der Waals surface area contributed by atoms with E-state index in [-0.39, 0.29) is 11.3 Å². The van der Waals surface area contributed by atoms with Crippen molar-refractivity contribution < 1.29 is 8.42 Å². The third-order valence-corrected chi connectivity index (χ3v) is 5.60. The van der Waals surface area contributed by atoms with Crippen LogP contribution in [0.25, 0.3) is 0 Å². The summed E-state index contributed by atoms with van der Waals surface area (Å²) in [6.07, 6.45) is 12.0. The smallest absolute Gasteiger partial charge is 0.151 e. The number of hydrogen-bond acceptors (Lipinski definition) is 3. The minimum absolute atomic E-state index is 0.141. The zero-order chi connectivity index (χ0) is 13.4. The Bertz CT molecular complexity index is 314. The van der Waals surface area contributed by atoms with Crippen LogP contribution in [0.3, 0.4) is 0 Å². The Labute approximate surface area is 113 Å². The molecule has 0 amide bonds. The quantitative estimate of drug-likeness (QED) is 0.658. The molecule has 1 fully saturated rings. The number of nitrogens with one attached hydrogen (secondary N) is 1. The molecule has 1 saturated carbocycles. The van der Waals surface area contributed by atoms with Gasteiger partial charge in [-0.15, -0.1) is 0 Å². The SMILES string of the molecule is CCCCCCCCNC1CCCC1S(C)(=O)=O. The summed E-state index contributed by atoms with van der Waals surface area (Å²) in [6, 6.07) is 0.204. The molecule has 0 heterocycles. The molecule has 0 spiro atoms. The van der Waals surface area contributed by atoms with Gasteiger partial charge in [0.1, 0.15) is 0 Å². The fraction of sp³-hybridized carbons (Fsp3) is 1.00. The summed E-state index contributed by atoms with van der Waals surface area (Å²) in [4.78, 5) is 0. The standard InChI is InChI=1S/C14H29NO2S/c1-3-4-5-6-7-8-12-15-13-10-9-11-14(13)18(2,16)17/h13-15H,3-12H2,1-2H3. The average molecular weight is 275 g/mol. The van der Waals surface area contributed by atoms with Crippen molar-refractivity contribution in [3.05, 3.63) is 0 Å². The summed E-state index contributed by atoms with van der Waals surface area (Å²) >= 11 is 0. The zero-order valence-corrected chi connectivity index (χ0v) is 12.8. The fourth-order valence-corrected chi connectivity index (χ4v) is 4.29. The predicted octanol–water partition coefficient (Wildman–Crippen LogP) is 2.90. The van der Waals surface area contributed by atoms with E-state index in [1.165, 1.54) is 44.8 Å². The van der Waals surface area contributed by atoms with Crippen molar-refractivity contribution in [1.29, 1.82) is 0 Å². The first-order chi connectivity index (χ1) is 8.55. The van der Waals surface area contributed by atoms with Gasteiger partial charge >= 0.3 is 0 Å². The lowest BCUT2D eigenvalue weighted by atomic mass is 10.1. The highest BCUT2D eigenvalue weighted by atomic mass is 32.2. The normalized spacial score (nSPS) is 24.6. The van der Waals surface area contributed by atoms with Gasteiger partial charge in [0.15, 0.2) is 9.84 Å². The molecule has 0 aliphatic heterocycles. The van der Waals surface area contributed by atoms with E-state index < -0.39 is 9.84 Å². The monoisotopic (exact) mass is 275 g/mol. The molecule has 0 aromatic carbocycles. The highest BCUT2D eigenvalue weighted by molar-refractivity contribution is 7.91. The average Bonchev–Trinajstić information content (AvgIpc) is 2.76. The van der Waals surface area contributed by atoms with Crippen LogP contribution in [0.5, 0.6) is 0 Å². The van der Waals surface area contributed by atoms with Crippen LogP contribution in [0.4, 0.5) is 0 Å². The largest absolute Gasteiger partial charge is 0.313 e. The van der Waals surface area contributed by atoms with Crippen LogP contribution in [0.15, 0.2) is 0 Å². The molecule has 4 heteroatoms. The Morgan fingerprint density at radius 2 is 1.72 bits per heavy atom. The van der Waals surface area contributed by atoms with E-state index >= 15 is 0 Å². The molecule has 2 atom stereocenters. The third-order valence-electron chi connectivity index (χ3n) is 3.94. The van der Waals surface area contributed by atoms with Crippen molar-refractivity contribution >= 4 is 9.84 Å². The first kappa shape index (κ1) is 16.0. The molecule has 108 valence electrons. The zero-order valence-electron chi connectivity index (χ0n) is 12.0. The van der Waals surface area contributed by atoms with Crippen LogP contribution < -0.4 is 5.32 Å². The first-order valence-electron chi connectivity index (χ1n) is 7.48. The van der Waals surface area contributed by atoms with E-state index in [2.05, 4.69) is 12.2 Å². The van der Waals surface area contributed by atoms with Crippen LogP contribution in [-0.4, -0.2) is 32.5 Å². The maximum absolute atomic E-state index is 11.6. The third kappa shape index (κ3) is 5.70. The van der Waals surface area contributed by atoms with Crippen molar-refractivity contribution in [3.8, 4) is 0 Å². The lowest BCUT2D eigenvalue weighted by Crippen LogP contribution is -2.40. The van der Waals surface area contributed by atoms with Crippen molar-refractivity contribution in [2.45, 2.75) is 76.0 Å². The van der Waals surface area contributed by atoms with Gasteiger partial charge in [0.05, 0.1) is 5.25 Å². The van der Waals surface area contributed by atoms with Crippen LogP contribution in [0.2, 0.25) is 0 Å². The second-order valence-corrected chi connectivity index (χ2v) is 7.89. The Balaban J connectivity index is 2.12. The molecule has 0 radical (unpaired) electrons. The maximum Gasteiger partial charge on any atom is 0.151 e. The van der Waals surface area contributed by atoms with Crippen molar-refractivity contribution in [1.82, 2.24) is 5.32 Å². The minimum atomic E-state index is -2.87. The van der Waals surface area contributed by atoms with Crippen molar-refractivity contribution in [2.24, 2.45) is 0 Å². The molecular formula is C14H29NO2S. The number of unbranched alkanes of at least 4 members (excludes halogenated alkanes) is 5. The summed E-state index contributed by atoms with van der Waals surface area (Å²) in [6.45, 7) is 3.20. The predicted molar refractivity (Wildman–Crippen MR) is 77.6 cm³/mol. The van der Waals surface area contributed by atoms with E-state index in [4.69, 9.17) is 0 Å². The maximum atomic E-state index is 11.6. The Hall–Kier alpha value is -0.0900. The molecule has 0 aromatic rings. The lowest BCUT2D eigenvalue weighted by molar-refractivity contribution is 0.488. The Kier molecular flexibility index (Phi) is 7.23. The van der Waals surface area contributed by atoms with Crippen LogP contribution >= 0.6 is 0 Å². The second kappa shape index (κ2) is 8.16. The van der Waals surface area contributed by atoms with E-state index in [0.717, 1.165) is 25.8 Å². The number of hydrogen-bond donors (Lipinski definition) is 1. The Morgan fingerprint density at radius 3 is 2.39 bits per heavy atom. The molecule has 1 rings (SSSR count). The topological polar surface area (TPSA) is 46.2 Å². The molecular weight excluding hydrogens is 246 g/mol. The molecule has 2 unspecified atom stereocenters. The fourth-order valence-electron chi connectivity index (χ4n) is 2.86. The van der Waals surface area contributed by atoms with Crippen LogP contribution in [0, 0.1) is 0 Å². The van der Waals surface area contributed by atoms with Gasteiger partial charge in [-0.1, -0.05) is 45.4 Å². The minimum Gasteiger partial charge on any atom is -0.313 e. The number of rotatable bonds is 9. The molecule has 0 saturated heterocycles. The van der Waals surface area contributed by atoms with Crippen molar-refractivity contribution in [2.75, 3.05) is 12.8 Å². The highest BCUT2D eigenvalue weighted by Crippen LogP contribution is 2.25. The molecule has 1 aliphatic rings. The summed E-state index contributed by atoms with van der Waals surface area (Å²) in [5.41, 5.74) is 0. The lowest BCUT2D eigenvalue weighted by Gasteiger charge is -2.19. The van der Waals surface area contributed by atoms with E-state index in [1.807, 2.05) is 0 Å². The van der Waals surface area contributed by atoms with Gasteiger partial charge in [-0.25, -0.2) is 8.42 Å². The summed E-state index contributed by atoms with van der Waals surface area (Å²) in [7, 11) is -2.87. The van der Waals surface area contributed by atoms with Gasteiger partial charge in [0.2, 0.25) is 0 Å². The van der Waals surface area contributed by atoms with Crippen LogP contribution in [-0.2, 0) is 9.84 Å². The van der Waals surface area contributed by atoms with Gasteiger partial charge < -0.3 is 5.32 Å². The second-order valence-electron chi connectivity index (χ2n) is 5.63. The molecule has 3 nitrogen and oxygen atoms in total. The molecule has 0 aromatic heterocycles. The van der Waals surface area contributed by atoms with Gasteiger partial charge in [0.25, 0.3) is 0 Å². The molecule has 18 heavy (non-hydrogen) atoms. The van der Waals surface area contributed by atoms with E-state index in [0.29, 0.717) is 0 Å². The van der Waals surface area contributed by atoms with Gasteiger partial charge in [-0.3, -0.25) is 0 Å². The summed E-state index contributed by atoms with van der Waals surface area (Å²) < 4.78 is 23.2. The van der Waals surface area contributed by atoms with Gasteiger partial charge in [-0.2, -0.15) is 0 Å². The summed E-state index contributed by atoms with van der Waals surface area (Å²) in [5, 5.41) is 3.31. The van der Waals surface area contributed by atoms with E-state index in [1.54, 1.807) is 0 Å². The first-order valence-corrected chi connectivity index (χ1v) is 9.43. The highest BCUT2D eigenvalue weighted by Gasteiger charge is 2.33. The van der Waals surface area contributed by atoms with Crippen LogP contribution in [0.1, 0.15) is 64.7 Å².